The molecule has 0 unspecified atom stereocenters. The molecule has 0 saturated heterocycles. The zero-order valence-electron chi connectivity index (χ0n) is 32.7. The van der Waals surface area contributed by atoms with Crippen LogP contribution in [0.4, 0.5) is 17.1 Å². The van der Waals surface area contributed by atoms with Crippen molar-refractivity contribution < 1.29 is 4.42 Å². The average molecular weight is 767 g/mol. The van der Waals surface area contributed by atoms with Crippen molar-refractivity contribution in [2.24, 2.45) is 0 Å². The van der Waals surface area contributed by atoms with Crippen LogP contribution in [-0.2, 0) is 0 Å². The Morgan fingerprint density at radius 1 is 0.350 bits per heavy atom. The summed E-state index contributed by atoms with van der Waals surface area (Å²) in [5, 5.41) is 4.55. The molecule has 3 heteroatoms. The number of benzene rings is 10. The number of aromatic nitrogens is 1. The van der Waals surface area contributed by atoms with Crippen LogP contribution in [-0.4, -0.2) is 4.98 Å². The number of hydrogen-bond acceptors (Lipinski definition) is 3. The summed E-state index contributed by atoms with van der Waals surface area (Å²) in [6.07, 6.45) is 0. The van der Waals surface area contributed by atoms with E-state index in [4.69, 9.17) is 9.40 Å². The maximum Gasteiger partial charge on any atom is 0.227 e. The van der Waals surface area contributed by atoms with E-state index in [1.807, 2.05) is 36.4 Å². The molecule has 282 valence electrons. The molecule has 0 N–H and O–H groups in total. The average Bonchev–Trinajstić information content (AvgIpc) is 3.78. The summed E-state index contributed by atoms with van der Waals surface area (Å²) >= 11 is 0. The van der Waals surface area contributed by atoms with E-state index >= 15 is 0 Å². The molecule has 1 heterocycles. The second-order valence-corrected chi connectivity index (χ2v) is 15.1. The van der Waals surface area contributed by atoms with E-state index in [1.165, 1.54) is 33.0 Å². The third-order valence-electron chi connectivity index (χ3n) is 11.5. The molecule has 11 aromatic rings. The lowest BCUT2D eigenvalue weighted by Crippen LogP contribution is -2.13. The first-order chi connectivity index (χ1) is 29.7. The summed E-state index contributed by atoms with van der Waals surface area (Å²) in [6.45, 7) is 0. The predicted octanol–water partition coefficient (Wildman–Crippen LogP) is 15.9. The molecule has 0 saturated carbocycles. The summed E-state index contributed by atoms with van der Waals surface area (Å²) in [7, 11) is 0. The van der Waals surface area contributed by atoms with Gasteiger partial charge in [0.05, 0.1) is 11.4 Å². The van der Waals surface area contributed by atoms with Gasteiger partial charge in [0.1, 0.15) is 5.52 Å². The van der Waals surface area contributed by atoms with E-state index in [0.717, 1.165) is 66.8 Å². The van der Waals surface area contributed by atoms with Crippen molar-refractivity contribution in [2.75, 3.05) is 4.90 Å². The van der Waals surface area contributed by atoms with Crippen LogP contribution in [0.25, 0.3) is 88.6 Å². The predicted molar refractivity (Wildman–Crippen MR) is 251 cm³/mol. The Bertz CT molecular complexity index is 3290. The van der Waals surface area contributed by atoms with E-state index in [1.54, 1.807) is 0 Å². The van der Waals surface area contributed by atoms with E-state index in [0.29, 0.717) is 5.89 Å². The Kier molecular flexibility index (Phi) is 8.83. The fourth-order valence-electron chi connectivity index (χ4n) is 8.56. The molecule has 11 rings (SSSR count). The third-order valence-corrected chi connectivity index (χ3v) is 11.5. The number of rotatable bonds is 8. The second kappa shape index (κ2) is 15.1. The Morgan fingerprint density at radius 2 is 0.900 bits per heavy atom. The molecular formula is C57H38N2O. The second-order valence-electron chi connectivity index (χ2n) is 15.1. The SMILES string of the molecule is c1ccc(-c2ccc(N(c3ccc(-c4ccccc4)cc3-c3ccc4c(ccc5oc(-c6ccccc6)nc54)c3)c3ccc4ccccc4c3-c3ccccc3)cc2)cc1. The molecule has 0 bridgehead atoms. The van der Waals surface area contributed by atoms with Gasteiger partial charge < -0.3 is 9.32 Å². The van der Waals surface area contributed by atoms with Crippen molar-refractivity contribution >= 4 is 49.7 Å². The Hall–Kier alpha value is -8.01. The highest BCUT2D eigenvalue weighted by molar-refractivity contribution is 6.08. The molecule has 0 radical (unpaired) electrons. The first-order valence-electron chi connectivity index (χ1n) is 20.4. The van der Waals surface area contributed by atoms with Crippen LogP contribution in [0.3, 0.4) is 0 Å². The molecule has 0 fully saturated rings. The molecule has 0 amide bonds. The van der Waals surface area contributed by atoms with Gasteiger partial charge in [-0.2, -0.15) is 0 Å². The fourth-order valence-corrected chi connectivity index (χ4v) is 8.56. The first kappa shape index (κ1) is 35.2. The molecule has 0 aliphatic heterocycles. The van der Waals surface area contributed by atoms with Crippen LogP contribution in [0.2, 0.25) is 0 Å². The van der Waals surface area contributed by atoms with E-state index in [2.05, 4.69) is 199 Å². The summed E-state index contributed by atoms with van der Waals surface area (Å²) in [4.78, 5) is 7.46. The molecule has 0 aliphatic carbocycles. The van der Waals surface area contributed by atoms with Crippen molar-refractivity contribution in [1.29, 1.82) is 0 Å². The molecule has 0 aliphatic rings. The summed E-state index contributed by atoms with van der Waals surface area (Å²) in [5.41, 5.74) is 15.1. The lowest BCUT2D eigenvalue weighted by atomic mass is 9.92. The van der Waals surface area contributed by atoms with Gasteiger partial charge in [-0.15, -0.1) is 0 Å². The van der Waals surface area contributed by atoms with Gasteiger partial charge >= 0.3 is 0 Å². The number of anilines is 3. The Morgan fingerprint density at radius 3 is 1.62 bits per heavy atom. The van der Waals surface area contributed by atoms with Crippen molar-refractivity contribution in [2.45, 2.75) is 0 Å². The summed E-state index contributed by atoms with van der Waals surface area (Å²) < 4.78 is 6.29. The largest absolute Gasteiger partial charge is 0.436 e. The van der Waals surface area contributed by atoms with E-state index in [9.17, 15) is 0 Å². The molecule has 60 heavy (non-hydrogen) atoms. The van der Waals surface area contributed by atoms with Crippen molar-refractivity contribution in [3.63, 3.8) is 0 Å². The molecule has 0 atom stereocenters. The van der Waals surface area contributed by atoms with Gasteiger partial charge in [0.15, 0.2) is 5.58 Å². The highest BCUT2D eigenvalue weighted by Crippen LogP contribution is 2.48. The quantitative estimate of drug-likeness (QED) is 0.154. The van der Waals surface area contributed by atoms with Crippen molar-refractivity contribution in [3.05, 3.63) is 231 Å². The van der Waals surface area contributed by atoms with Crippen molar-refractivity contribution in [3.8, 4) is 56.0 Å². The smallest absolute Gasteiger partial charge is 0.227 e. The first-order valence-corrected chi connectivity index (χ1v) is 20.4. The van der Waals surface area contributed by atoms with Gasteiger partial charge in [-0.25, -0.2) is 4.98 Å². The number of nitrogens with zero attached hydrogens (tertiary/aromatic N) is 2. The number of hydrogen-bond donors (Lipinski definition) is 0. The lowest BCUT2D eigenvalue weighted by Gasteiger charge is -2.31. The highest BCUT2D eigenvalue weighted by atomic mass is 16.3. The van der Waals surface area contributed by atoms with E-state index in [-0.39, 0.29) is 0 Å². The normalized spacial score (nSPS) is 11.3. The Labute approximate surface area is 349 Å². The monoisotopic (exact) mass is 766 g/mol. The van der Waals surface area contributed by atoms with Gasteiger partial charge in [0.2, 0.25) is 5.89 Å². The van der Waals surface area contributed by atoms with Crippen LogP contribution < -0.4 is 4.90 Å². The minimum atomic E-state index is 0.624. The standard InChI is InChI=1S/C57H38N2O/c1-5-15-39(16-6-1)41-25-31-48(32-26-41)59(53-35-28-42-19-13-14-24-49(42)55(53)43-20-9-3-10-21-43)52-34-29-45(40-17-7-2-8-18-40)38-51(52)47-27-33-50-46(37-47)30-36-54-56(50)58-57(60-54)44-22-11-4-12-23-44/h1-38H. The van der Waals surface area contributed by atoms with Crippen LogP contribution >= 0.6 is 0 Å². The van der Waals surface area contributed by atoms with Gasteiger partial charge in [-0.05, 0) is 104 Å². The Balaban J connectivity index is 1.16. The van der Waals surface area contributed by atoms with Crippen molar-refractivity contribution in [1.82, 2.24) is 4.98 Å². The van der Waals surface area contributed by atoms with Gasteiger partial charge in [-0.1, -0.05) is 176 Å². The zero-order valence-corrected chi connectivity index (χ0v) is 32.7. The number of fused-ring (bicyclic) bond motifs is 4. The third kappa shape index (κ3) is 6.39. The topological polar surface area (TPSA) is 29.3 Å². The molecule has 1 aromatic heterocycles. The summed E-state index contributed by atoms with van der Waals surface area (Å²) in [6, 6.07) is 82.2. The van der Waals surface area contributed by atoms with Crippen LogP contribution in [0.5, 0.6) is 0 Å². The maximum absolute atomic E-state index is 6.29. The van der Waals surface area contributed by atoms with Gasteiger partial charge in [0.25, 0.3) is 0 Å². The van der Waals surface area contributed by atoms with Crippen LogP contribution in [0.1, 0.15) is 0 Å². The van der Waals surface area contributed by atoms with Crippen LogP contribution in [0.15, 0.2) is 235 Å². The fraction of sp³-hybridized carbons (Fsp3) is 0. The van der Waals surface area contributed by atoms with Gasteiger partial charge in [-0.3, -0.25) is 0 Å². The highest BCUT2D eigenvalue weighted by Gasteiger charge is 2.23. The molecular weight excluding hydrogens is 729 g/mol. The maximum atomic E-state index is 6.29. The number of oxazole rings is 1. The molecule has 0 spiro atoms. The lowest BCUT2D eigenvalue weighted by molar-refractivity contribution is 0.620. The van der Waals surface area contributed by atoms with Crippen LogP contribution in [0, 0.1) is 0 Å². The summed E-state index contributed by atoms with van der Waals surface area (Å²) in [5.74, 6) is 0.624. The minimum absolute atomic E-state index is 0.624. The molecule has 3 nitrogen and oxygen atoms in total. The van der Waals surface area contributed by atoms with E-state index < -0.39 is 0 Å². The molecule has 10 aromatic carbocycles. The zero-order chi connectivity index (χ0) is 39.8. The van der Waals surface area contributed by atoms with Gasteiger partial charge in [0, 0.05) is 27.8 Å². The minimum Gasteiger partial charge on any atom is -0.436 e.